The second-order valence-electron chi connectivity index (χ2n) is 6.99. The standard InChI is InChI=1S/C21H20N2O5S/c1-25-15-3-4-16-19(11-15)29-21(22-16)28-14-6-8-23(9-7-14)20(24)13-2-5-17-18(10-13)27-12-26-17/h2-5,10-11,14H,6-9,12H2,1H3. The third-order valence-electron chi connectivity index (χ3n) is 5.19. The number of carbonyl (C=O) groups is 1. The van der Waals surface area contributed by atoms with Crippen molar-refractivity contribution in [1.29, 1.82) is 0 Å². The van der Waals surface area contributed by atoms with Crippen LogP contribution in [-0.2, 0) is 0 Å². The quantitative estimate of drug-likeness (QED) is 0.651. The second-order valence-corrected chi connectivity index (χ2v) is 7.98. The van der Waals surface area contributed by atoms with Crippen LogP contribution in [0.15, 0.2) is 36.4 Å². The van der Waals surface area contributed by atoms with E-state index in [1.54, 1.807) is 25.3 Å². The molecule has 1 amide bonds. The summed E-state index contributed by atoms with van der Waals surface area (Å²) in [7, 11) is 1.65. The van der Waals surface area contributed by atoms with Gasteiger partial charge < -0.3 is 23.8 Å². The van der Waals surface area contributed by atoms with E-state index in [9.17, 15) is 4.79 Å². The molecule has 0 atom stereocenters. The lowest BCUT2D eigenvalue weighted by Gasteiger charge is -2.31. The number of ether oxygens (including phenoxy) is 4. The molecule has 0 aliphatic carbocycles. The molecule has 0 spiro atoms. The predicted molar refractivity (Wildman–Crippen MR) is 108 cm³/mol. The Labute approximate surface area is 171 Å². The van der Waals surface area contributed by atoms with Crippen molar-refractivity contribution in [3.63, 3.8) is 0 Å². The monoisotopic (exact) mass is 412 g/mol. The first-order valence-electron chi connectivity index (χ1n) is 9.50. The van der Waals surface area contributed by atoms with Gasteiger partial charge in [0.05, 0.1) is 17.3 Å². The fraction of sp³-hybridized carbons (Fsp3) is 0.333. The summed E-state index contributed by atoms with van der Waals surface area (Å²) in [5, 5.41) is 0.661. The number of aromatic nitrogens is 1. The van der Waals surface area contributed by atoms with Crippen LogP contribution in [0.1, 0.15) is 23.2 Å². The Morgan fingerprint density at radius 2 is 1.97 bits per heavy atom. The first-order chi connectivity index (χ1) is 14.2. The summed E-state index contributed by atoms with van der Waals surface area (Å²) in [5.41, 5.74) is 1.52. The fourth-order valence-electron chi connectivity index (χ4n) is 3.59. The van der Waals surface area contributed by atoms with E-state index in [0.29, 0.717) is 35.3 Å². The van der Waals surface area contributed by atoms with Crippen LogP contribution in [0.2, 0.25) is 0 Å². The normalized spacial score (nSPS) is 16.2. The summed E-state index contributed by atoms with van der Waals surface area (Å²) in [6.45, 7) is 1.50. The number of hydrogen-bond donors (Lipinski definition) is 0. The third-order valence-corrected chi connectivity index (χ3v) is 6.10. The molecule has 3 heterocycles. The van der Waals surface area contributed by atoms with Gasteiger partial charge in [0.25, 0.3) is 11.1 Å². The summed E-state index contributed by atoms with van der Waals surface area (Å²) in [6.07, 6.45) is 1.60. The zero-order valence-corrected chi connectivity index (χ0v) is 16.7. The van der Waals surface area contributed by atoms with Gasteiger partial charge in [0.2, 0.25) is 6.79 Å². The van der Waals surface area contributed by atoms with Gasteiger partial charge in [-0.15, -0.1) is 0 Å². The molecule has 29 heavy (non-hydrogen) atoms. The van der Waals surface area contributed by atoms with Crippen molar-refractivity contribution in [1.82, 2.24) is 9.88 Å². The van der Waals surface area contributed by atoms with Gasteiger partial charge in [-0.05, 0) is 36.4 Å². The van der Waals surface area contributed by atoms with Gasteiger partial charge in [0.15, 0.2) is 11.5 Å². The number of hydrogen-bond acceptors (Lipinski definition) is 7. The van der Waals surface area contributed by atoms with Gasteiger partial charge in [0, 0.05) is 31.5 Å². The Morgan fingerprint density at radius 1 is 1.14 bits per heavy atom. The van der Waals surface area contributed by atoms with E-state index in [0.717, 1.165) is 28.8 Å². The Balaban J connectivity index is 1.21. The number of fused-ring (bicyclic) bond motifs is 2. The molecule has 0 unspecified atom stereocenters. The number of rotatable bonds is 4. The van der Waals surface area contributed by atoms with Gasteiger partial charge >= 0.3 is 0 Å². The molecule has 0 saturated carbocycles. The minimum absolute atomic E-state index is 0.00818. The number of amides is 1. The van der Waals surface area contributed by atoms with Crippen LogP contribution < -0.4 is 18.9 Å². The van der Waals surface area contributed by atoms with E-state index >= 15 is 0 Å². The predicted octanol–water partition coefficient (Wildman–Crippen LogP) is 3.72. The van der Waals surface area contributed by atoms with Crippen LogP contribution in [0.25, 0.3) is 10.2 Å². The third kappa shape index (κ3) is 3.55. The first-order valence-corrected chi connectivity index (χ1v) is 10.3. The molecule has 1 fully saturated rings. The molecule has 2 aromatic carbocycles. The van der Waals surface area contributed by atoms with Crippen molar-refractivity contribution in [3.05, 3.63) is 42.0 Å². The van der Waals surface area contributed by atoms with Crippen LogP contribution in [-0.4, -0.2) is 48.9 Å². The van der Waals surface area contributed by atoms with Crippen LogP contribution in [0.4, 0.5) is 0 Å². The lowest BCUT2D eigenvalue weighted by Crippen LogP contribution is -2.41. The Kier molecular flexibility index (Phi) is 4.63. The molecular weight excluding hydrogens is 392 g/mol. The molecule has 5 rings (SSSR count). The molecule has 1 aromatic heterocycles. The van der Waals surface area contributed by atoms with Gasteiger partial charge in [-0.3, -0.25) is 4.79 Å². The van der Waals surface area contributed by atoms with Crippen LogP contribution in [0.3, 0.4) is 0 Å². The minimum Gasteiger partial charge on any atom is -0.497 e. The summed E-state index contributed by atoms with van der Waals surface area (Å²) >= 11 is 1.52. The maximum absolute atomic E-state index is 12.8. The lowest BCUT2D eigenvalue weighted by atomic mass is 10.1. The number of piperidine rings is 1. The highest BCUT2D eigenvalue weighted by Crippen LogP contribution is 2.34. The zero-order chi connectivity index (χ0) is 19.8. The van der Waals surface area contributed by atoms with Crippen LogP contribution in [0.5, 0.6) is 22.4 Å². The molecule has 3 aromatic rings. The molecule has 0 radical (unpaired) electrons. The Hall–Kier alpha value is -3.00. The van der Waals surface area contributed by atoms with Crippen molar-refractivity contribution in [2.24, 2.45) is 0 Å². The van der Waals surface area contributed by atoms with Crippen molar-refractivity contribution in [3.8, 4) is 22.4 Å². The van der Waals surface area contributed by atoms with Gasteiger partial charge in [-0.1, -0.05) is 11.3 Å². The second kappa shape index (κ2) is 7.44. The summed E-state index contributed by atoms with van der Waals surface area (Å²) in [4.78, 5) is 19.2. The molecular formula is C21H20N2O5S. The zero-order valence-electron chi connectivity index (χ0n) is 15.9. The number of nitrogens with zero attached hydrogens (tertiary/aromatic N) is 2. The maximum atomic E-state index is 12.8. The van der Waals surface area contributed by atoms with Gasteiger partial charge in [0.1, 0.15) is 11.9 Å². The number of carbonyl (C=O) groups excluding carboxylic acids is 1. The average molecular weight is 412 g/mol. The number of thiazole rings is 1. The fourth-order valence-corrected chi connectivity index (χ4v) is 4.50. The highest BCUT2D eigenvalue weighted by molar-refractivity contribution is 7.20. The van der Waals surface area contributed by atoms with E-state index in [1.165, 1.54) is 11.3 Å². The number of methoxy groups -OCH3 is 1. The first kappa shape index (κ1) is 18.1. The van der Waals surface area contributed by atoms with Crippen molar-refractivity contribution in [2.75, 3.05) is 27.0 Å². The molecule has 0 bridgehead atoms. The highest BCUT2D eigenvalue weighted by Gasteiger charge is 2.26. The summed E-state index contributed by atoms with van der Waals surface area (Å²) < 4.78 is 23.1. The van der Waals surface area contributed by atoms with E-state index in [4.69, 9.17) is 18.9 Å². The lowest BCUT2D eigenvalue weighted by molar-refractivity contribution is 0.0595. The van der Waals surface area contributed by atoms with Crippen LogP contribution >= 0.6 is 11.3 Å². The minimum atomic E-state index is 0.00818. The van der Waals surface area contributed by atoms with Gasteiger partial charge in [-0.2, -0.15) is 0 Å². The smallest absolute Gasteiger partial charge is 0.274 e. The largest absolute Gasteiger partial charge is 0.497 e. The van der Waals surface area contributed by atoms with E-state index in [1.807, 2.05) is 23.1 Å². The summed E-state index contributed by atoms with van der Waals surface area (Å²) in [6, 6.07) is 11.1. The summed E-state index contributed by atoms with van der Waals surface area (Å²) in [5.74, 6) is 2.13. The number of likely N-dealkylation sites (tertiary alicyclic amines) is 1. The van der Waals surface area contributed by atoms with E-state index in [-0.39, 0.29) is 18.8 Å². The van der Waals surface area contributed by atoms with Crippen molar-refractivity contribution < 1.29 is 23.7 Å². The van der Waals surface area contributed by atoms with Gasteiger partial charge in [-0.25, -0.2) is 4.98 Å². The molecule has 7 nitrogen and oxygen atoms in total. The topological polar surface area (TPSA) is 70.1 Å². The molecule has 2 aliphatic heterocycles. The SMILES string of the molecule is COc1ccc2nc(OC3CCN(C(=O)c4ccc5c(c4)OCO5)CC3)sc2c1. The molecule has 1 saturated heterocycles. The average Bonchev–Trinajstić information content (AvgIpc) is 3.38. The van der Waals surface area contributed by atoms with E-state index in [2.05, 4.69) is 4.98 Å². The molecule has 0 N–H and O–H groups in total. The Bertz CT molecular complexity index is 1060. The molecule has 150 valence electrons. The van der Waals surface area contributed by atoms with Crippen molar-refractivity contribution >= 4 is 27.5 Å². The van der Waals surface area contributed by atoms with Crippen molar-refractivity contribution in [2.45, 2.75) is 18.9 Å². The maximum Gasteiger partial charge on any atom is 0.274 e. The molecule has 2 aliphatic rings. The Morgan fingerprint density at radius 3 is 2.79 bits per heavy atom. The van der Waals surface area contributed by atoms with E-state index < -0.39 is 0 Å². The number of benzene rings is 2. The molecule has 8 heteroatoms. The van der Waals surface area contributed by atoms with Crippen LogP contribution in [0, 0.1) is 0 Å². The highest BCUT2D eigenvalue weighted by atomic mass is 32.1.